The quantitative estimate of drug-likeness (QED) is 0.772. The van der Waals surface area contributed by atoms with Crippen molar-refractivity contribution in [2.24, 2.45) is 11.1 Å². The second-order valence-corrected chi connectivity index (χ2v) is 5.86. The molecule has 0 aromatic rings. The SMILES string of the molecule is CCC[C@H](N)C(=O)NC1CCCC(C)(C)C1. The molecule has 0 heterocycles. The van der Waals surface area contributed by atoms with Crippen molar-refractivity contribution in [1.29, 1.82) is 0 Å². The third-order valence-corrected chi connectivity index (χ3v) is 3.49. The van der Waals surface area contributed by atoms with Gasteiger partial charge in [-0.15, -0.1) is 0 Å². The maximum absolute atomic E-state index is 11.8. The van der Waals surface area contributed by atoms with Gasteiger partial charge in [0.05, 0.1) is 6.04 Å². The molecule has 0 aliphatic heterocycles. The Hall–Kier alpha value is -0.570. The maximum Gasteiger partial charge on any atom is 0.237 e. The summed E-state index contributed by atoms with van der Waals surface area (Å²) in [7, 11) is 0. The third-order valence-electron chi connectivity index (χ3n) is 3.49. The van der Waals surface area contributed by atoms with E-state index in [-0.39, 0.29) is 11.9 Å². The molecule has 16 heavy (non-hydrogen) atoms. The molecule has 1 fully saturated rings. The van der Waals surface area contributed by atoms with Crippen LogP contribution in [0, 0.1) is 5.41 Å². The Kier molecular flexibility index (Phi) is 4.78. The van der Waals surface area contributed by atoms with Gasteiger partial charge in [0.2, 0.25) is 5.91 Å². The summed E-state index contributed by atoms with van der Waals surface area (Å²) < 4.78 is 0. The van der Waals surface area contributed by atoms with E-state index in [9.17, 15) is 4.79 Å². The van der Waals surface area contributed by atoms with Crippen LogP contribution in [0.4, 0.5) is 0 Å². The van der Waals surface area contributed by atoms with Gasteiger partial charge < -0.3 is 11.1 Å². The summed E-state index contributed by atoms with van der Waals surface area (Å²) in [6.45, 7) is 6.60. The van der Waals surface area contributed by atoms with E-state index < -0.39 is 0 Å². The van der Waals surface area contributed by atoms with Crippen LogP contribution in [0.5, 0.6) is 0 Å². The Morgan fingerprint density at radius 2 is 2.25 bits per heavy atom. The molecule has 1 amide bonds. The Labute approximate surface area is 99.2 Å². The van der Waals surface area contributed by atoms with Crippen LogP contribution in [0.2, 0.25) is 0 Å². The standard InChI is InChI=1S/C13H26N2O/c1-4-6-11(14)12(16)15-10-7-5-8-13(2,3)9-10/h10-11H,4-9,14H2,1-3H3,(H,15,16)/t10?,11-/m0/s1. The lowest BCUT2D eigenvalue weighted by atomic mass is 9.75. The van der Waals surface area contributed by atoms with E-state index in [2.05, 4.69) is 26.1 Å². The molecule has 0 radical (unpaired) electrons. The van der Waals surface area contributed by atoms with Crippen LogP contribution in [-0.4, -0.2) is 18.0 Å². The summed E-state index contributed by atoms with van der Waals surface area (Å²) in [5.74, 6) is 0.0320. The summed E-state index contributed by atoms with van der Waals surface area (Å²) in [5.41, 5.74) is 6.17. The lowest BCUT2D eigenvalue weighted by Crippen LogP contribution is -2.47. The summed E-state index contributed by atoms with van der Waals surface area (Å²) in [4.78, 5) is 11.8. The molecule has 3 N–H and O–H groups in total. The largest absolute Gasteiger partial charge is 0.352 e. The number of hydrogen-bond donors (Lipinski definition) is 2. The average molecular weight is 226 g/mol. The Bertz CT molecular complexity index is 238. The van der Waals surface area contributed by atoms with Gasteiger partial charge in [0.15, 0.2) is 0 Å². The fraction of sp³-hybridized carbons (Fsp3) is 0.923. The lowest BCUT2D eigenvalue weighted by Gasteiger charge is -2.35. The highest BCUT2D eigenvalue weighted by Crippen LogP contribution is 2.35. The van der Waals surface area contributed by atoms with E-state index >= 15 is 0 Å². The van der Waals surface area contributed by atoms with Gasteiger partial charge in [0, 0.05) is 6.04 Å². The first-order chi connectivity index (χ1) is 7.44. The molecule has 1 aliphatic carbocycles. The molecule has 1 rings (SSSR count). The van der Waals surface area contributed by atoms with E-state index in [1.165, 1.54) is 12.8 Å². The first kappa shape index (κ1) is 13.5. The molecule has 1 aliphatic rings. The van der Waals surface area contributed by atoms with Crippen molar-refractivity contribution in [3.8, 4) is 0 Å². The molecule has 2 atom stereocenters. The highest BCUT2D eigenvalue weighted by Gasteiger charge is 2.29. The lowest BCUT2D eigenvalue weighted by molar-refractivity contribution is -0.123. The van der Waals surface area contributed by atoms with Crippen molar-refractivity contribution in [3.63, 3.8) is 0 Å². The molecule has 1 unspecified atom stereocenters. The van der Waals surface area contributed by atoms with E-state index in [0.29, 0.717) is 11.5 Å². The minimum atomic E-state index is -0.324. The van der Waals surface area contributed by atoms with Crippen LogP contribution in [0.15, 0.2) is 0 Å². The third kappa shape index (κ3) is 4.12. The highest BCUT2D eigenvalue weighted by molar-refractivity contribution is 5.81. The van der Waals surface area contributed by atoms with Gasteiger partial charge in [-0.2, -0.15) is 0 Å². The molecule has 94 valence electrons. The smallest absolute Gasteiger partial charge is 0.237 e. The van der Waals surface area contributed by atoms with Crippen molar-refractivity contribution in [2.75, 3.05) is 0 Å². The molecule has 0 saturated heterocycles. The predicted octanol–water partition coefficient (Wildman–Crippen LogP) is 2.20. The molecule has 0 aromatic carbocycles. The van der Waals surface area contributed by atoms with Crippen LogP contribution >= 0.6 is 0 Å². The van der Waals surface area contributed by atoms with Gasteiger partial charge in [-0.25, -0.2) is 0 Å². The highest BCUT2D eigenvalue weighted by atomic mass is 16.2. The summed E-state index contributed by atoms with van der Waals surface area (Å²) in [6.07, 6.45) is 6.40. The van der Waals surface area contributed by atoms with E-state index in [0.717, 1.165) is 25.7 Å². The molecule has 0 aromatic heterocycles. The predicted molar refractivity (Wildman–Crippen MR) is 67.1 cm³/mol. The second-order valence-electron chi connectivity index (χ2n) is 5.86. The molecular weight excluding hydrogens is 200 g/mol. The topological polar surface area (TPSA) is 55.1 Å². The number of carbonyl (C=O) groups excluding carboxylic acids is 1. The van der Waals surface area contributed by atoms with Crippen LogP contribution < -0.4 is 11.1 Å². The fourth-order valence-electron chi connectivity index (χ4n) is 2.57. The van der Waals surface area contributed by atoms with Crippen LogP contribution in [0.3, 0.4) is 0 Å². The van der Waals surface area contributed by atoms with Crippen molar-refractivity contribution in [2.45, 2.75) is 71.4 Å². The molecule has 3 nitrogen and oxygen atoms in total. The Morgan fingerprint density at radius 1 is 1.56 bits per heavy atom. The summed E-state index contributed by atoms with van der Waals surface area (Å²) in [6, 6.07) is 0.00851. The minimum absolute atomic E-state index is 0.0320. The van der Waals surface area contributed by atoms with Gasteiger partial charge in [0.25, 0.3) is 0 Å². The molecule has 3 heteroatoms. The number of hydrogen-bond acceptors (Lipinski definition) is 2. The average Bonchev–Trinajstić information content (AvgIpc) is 2.16. The summed E-state index contributed by atoms with van der Waals surface area (Å²) >= 11 is 0. The number of carbonyl (C=O) groups is 1. The summed E-state index contributed by atoms with van der Waals surface area (Å²) in [5, 5.41) is 3.10. The Morgan fingerprint density at radius 3 is 2.81 bits per heavy atom. The van der Waals surface area contributed by atoms with Crippen molar-refractivity contribution in [1.82, 2.24) is 5.32 Å². The normalized spacial score (nSPS) is 26.1. The zero-order chi connectivity index (χ0) is 12.2. The van der Waals surface area contributed by atoms with Crippen molar-refractivity contribution in [3.05, 3.63) is 0 Å². The van der Waals surface area contributed by atoms with Gasteiger partial charge in [-0.3, -0.25) is 4.79 Å². The van der Waals surface area contributed by atoms with Gasteiger partial charge in [0.1, 0.15) is 0 Å². The maximum atomic E-state index is 11.8. The van der Waals surface area contributed by atoms with E-state index in [4.69, 9.17) is 5.73 Å². The number of nitrogens with one attached hydrogen (secondary N) is 1. The number of nitrogens with two attached hydrogens (primary N) is 1. The van der Waals surface area contributed by atoms with Gasteiger partial charge >= 0.3 is 0 Å². The van der Waals surface area contributed by atoms with Crippen molar-refractivity contribution >= 4 is 5.91 Å². The zero-order valence-electron chi connectivity index (χ0n) is 10.9. The van der Waals surface area contributed by atoms with Gasteiger partial charge in [-0.1, -0.05) is 33.6 Å². The molecule has 1 saturated carbocycles. The van der Waals surface area contributed by atoms with Crippen LogP contribution in [0.1, 0.15) is 59.3 Å². The number of amides is 1. The molecule has 0 bridgehead atoms. The fourth-order valence-corrected chi connectivity index (χ4v) is 2.57. The van der Waals surface area contributed by atoms with Gasteiger partial charge in [-0.05, 0) is 31.1 Å². The van der Waals surface area contributed by atoms with E-state index in [1.807, 2.05) is 0 Å². The minimum Gasteiger partial charge on any atom is -0.352 e. The Balaban J connectivity index is 2.39. The molecular formula is C13H26N2O. The second kappa shape index (κ2) is 5.67. The van der Waals surface area contributed by atoms with Crippen molar-refractivity contribution < 1.29 is 4.79 Å². The number of rotatable bonds is 4. The van der Waals surface area contributed by atoms with E-state index in [1.54, 1.807) is 0 Å². The first-order valence-electron chi connectivity index (χ1n) is 6.50. The first-order valence-corrected chi connectivity index (χ1v) is 6.50. The zero-order valence-corrected chi connectivity index (χ0v) is 10.9. The monoisotopic (exact) mass is 226 g/mol. The molecule has 0 spiro atoms. The van der Waals surface area contributed by atoms with Crippen LogP contribution in [0.25, 0.3) is 0 Å². The van der Waals surface area contributed by atoms with Crippen LogP contribution in [-0.2, 0) is 4.79 Å².